The number of benzene rings is 2. The summed E-state index contributed by atoms with van der Waals surface area (Å²) >= 11 is 3.73. The zero-order chi connectivity index (χ0) is 23.4. The van der Waals surface area contributed by atoms with E-state index in [2.05, 4.69) is 41.5 Å². The molecule has 3 heterocycles. The largest absolute Gasteiger partial charge is 0.477 e. The number of hydrogen-bond acceptors (Lipinski definition) is 6. The molecule has 1 aliphatic carbocycles. The zero-order valence-corrected chi connectivity index (χ0v) is 19.7. The standard InChI is InChI=1S/C24H19BrN6O3/c1-12-20(24(32)33)31(23(26-12)14-7-8-14)11-13-6-9-18-17(10-13)19(25)21(34-18)15-4-2-3-5-16(15)22-27-29-30-28-22/h2-6,9-10,14H,7-8,11H2,1H3,(H,32,33)(H,27,28,29,30). The number of nitrogens with one attached hydrogen (secondary N) is 1. The monoisotopic (exact) mass is 518 g/mol. The second-order valence-corrected chi connectivity index (χ2v) is 9.23. The van der Waals surface area contributed by atoms with Crippen LogP contribution in [-0.4, -0.2) is 41.3 Å². The lowest BCUT2D eigenvalue weighted by molar-refractivity contribution is 0.0684. The molecular weight excluding hydrogens is 500 g/mol. The lowest BCUT2D eigenvalue weighted by atomic mass is 10.0. The summed E-state index contributed by atoms with van der Waals surface area (Å²) in [6.07, 6.45) is 2.09. The van der Waals surface area contributed by atoms with Gasteiger partial charge in [0, 0.05) is 29.0 Å². The van der Waals surface area contributed by atoms with Crippen LogP contribution in [0.15, 0.2) is 51.4 Å². The Bertz CT molecular complexity index is 1550. The van der Waals surface area contributed by atoms with E-state index in [4.69, 9.17) is 4.42 Å². The van der Waals surface area contributed by atoms with Crippen LogP contribution in [0.25, 0.3) is 33.7 Å². The Morgan fingerprint density at radius 1 is 1.24 bits per heavy atom. The molecule has 2 N–H and O–H groups in total. The second kappa shape index (κ2) is 7.91. The molecule has 0 radical (unpaired) electrons. The van der Waals surface area contributed by atoms with E-state index in [0.29, 0.717) is 29.7 Å². The number of aromatic carboxylic acids is 1. The molecule has 1 fully saturated rings. The molecule has 1 aliphatic rings. The molecule has 0 aliphatic heterocycles. The maximum Gasteiger partial charge on any atom is 0.354 e. The molecular formula is C24H19BrN6O3. The Morgan fingerprint density at radius 2 is 2.03 bits per heavy atom. The Kier molecular flexibility index (Phi) is 4.84. The molecule has 2 aromatic carbocycles. The van der Waals surface area contributed by atoms with Crippen LogP contribution in [-0.2, 0) is 6.54 Å². The fourth-order valence-electron chi connectivity index (χ4n) is 4.41. The number of carbonyl (C=O) groups is 1. The van der Waals surface area contributed by atoms with Crippen LogP contribution in [0.4, 0.5) is 0 Å². The van der Waals surface area contributed by atoms with Gasteiger partial charge in [-0.1, -0.05) is 30.3 Å². The minimum absolute atomic E-state index is 0.253. The van der Waals surface area contributed by atoms with Crippen LogP contribution < -0.4 is 0 Å². The van der Waals surface area contributed by atoms with Crippen LogP contribution in [0.5, 0.6) is 0 Å². The van der Waals surface area contributed by atoms with E-state index in [1.54, 1.807) is 6.92 Å². The quantitative estimate of drug-likeness (QED) is 0.317. The number of fused-ring (bicyclic) bond motifs is 1. The third kappa shape index (κ3) is 3.41. The first-order chi connectivity index (χ1) is 16.5. The van der Waals surface area contributed by atoms with Crippen molar-refractivity contribution < 1.29 is 14.3 Å². The lowest BCUT2D eigenvalue weighted by Gasteiger charge is -2.10. The van der Waals surface area contributed by atoms with E-state index in [9.17, 15) is 9.90 Å². The third-order valence-corrected chi connectivity index (χ3v) is 6.91. The van der Waals surface area contributed by atoms with Gasteiger partial charge in [-0.2, -0.15) is 0 Å². The molecule has 34 heavy (non-hydrogen) atoms. The van der Waals surface area contributed by atoms with Gasteiger partial charge in [0.25, 0.3) is 0 Å². The van der Waals surface area contributed by atoms with Crippen LogP contribution in [0.3, 0.4) is 0 Å². The predicted molar refractivity (Wildman–Crippen MR) is 128 cm³/mol. The first-order valence-electron chi connectivity index (χ1n) is 10.9. The van der Waals surface area contributed by atoms with Gasteiger partial charge in [0.15, 0.2) is 11.5 Å². The van der Waals surface area contributed by atoms with Crippen LogP contribution in [0.1, 0.15) is 46.3 Å². The van der Waals surface area contributed by atoms with Gasteiger partial charge in [0.1, 0.15) is 17.2 Å². The van der Waals surface area contributed by atoms with Crippen LogP contribution in [0, 0.1) is 6.92 Å². The highest BCUT2D eigenvalue weighted by Crippen LogP contribution is 2.42. The SMILES string of the molecule is Cc1nc(C2CC2)n(Cc2ccc3oc(-c4ccccc4-c4nnn[nH]4)c(Br)c3c2)c1C(=O)O. The second-order valence-electron chi connectivity index (χ2n) is 8.44. The third-order valence-electron chi connectivity index (χ3n) is 6.12. The number of halogens is 1. The minimum Gasteiger partial charge on any atom is -0.477 e. The first kappa shape index (κ1) is 20.8. The predicted octanol–water partition coefficient (Wildman–Crippen LogP) is 5.17. The zero-order valence-electron chi connectivity index (χ0n) is 18.1. The van der Waals surface area contributed by atoms with Crippen LogP contribution >= 0.6 is 15.9 Å². The molecule has 9 nitrogen and oxygen atoms in total. The van der Waals surface area contributed by atoms with Crippen molar-refractivity contribution in [2.45, 2.75) is 32.2 Å². The number of aromatic nitrogens is 6. The summed E-state index contributed by atoms with van der Waals surface area (Å²) in [7, 11) is 0. The summed E-state index contributed by atoms with van der Waals surface area (Å²) in [5, 5.41) is 24.9. The van der Waals surface area contributed by atoms with Gasteiger partial charge in [-0.05, 0) is 63.8 Å². The van der Waals surface area contributed by atoms with Gasteiger partial charge in [0.05, 0.1) is 10.2 Å². The number of rotatable bonds is 6. The summed E-state index contributed by atoms with van der Waals surface area (Å²) in [5.74, 6) is 1.46. The van der Waals surface area contributed by atoms with Crippen molar-refractivity contribution >= 4 is 32.9 Å². The van der Waals surface area contributed by atoms with E-state index in [0.717, 1.165) is 50.8 Å². The molecule has 0 spiro atoms. The minimum atomic E-state index is -0.955. The summed E-state index contributed by atoms with van der Waals surface area (Å²) in [6.45, 7) is 2.19. The van der Waals surface area contributed by atoms with E-state index in [1.807, 2.05) is 47.0 Å². The molecule has 3 aromatic heterocycles. The number of imidazole rings is 1. The maximum atomic E-state index is 11.9. The molecule has 0 unspecified atom stereocenters. The Balaban J connectivity index is 1.43. The Labute approximate surface area is 201 Å². The number of carboxylic acid groups (broad SMARTS) is 1. The first-order valence-corrected chi connectivity index (χ1v) is 11.6. The van der Waals surface area contributed by atoms with E-state index >= 15 is 0 Å². The van der Waals surface area contributed by atoms with Crippen molar-refractivity contribution in [3.63, 3.8) is 0 Å². The smallest absolute Gasteiger partial charge is 0.354 e. The number of aromatic amines is 1. The number of H-pyrrole nitrogens is 1. The van der Waals surface area contributed by atoms with E-state index < -0.39 is 5.97 Å². The van der Waals surface area contributed by atoms with Crippen molar-refractivity contribution in [3.8, 4) is 22.7 Å². The molecule has 5 aromatic rings. The van der Waals surface area contributed by atoms with Gasteiger partial charge in [-0.3, -0.25) is 0 Å². The number of nitrogens with zero attached hydrogens (tertiary/aromatic N) is 5. The molecule has 0 bridgehead atoms. The molecule has 0 saturated heterocycles. The van der Waals surface area contributed by atoms with Gasteiger partial charge in [-0.15, -0.1) is 5.10 Å². The normalized spacial score (nSPS) is 13.6. The topological polar surface area (TPSA) is 123 Å². The average Bonchev–Trinajstić information content (AvgIpc) is 3.27. The molecule has 0 amide bonds. The number of tetrazole rings is 1. The molecule has 0 atom stereocenters. The fourth-order valence-corrected chi connectivity index (χ4v) is 5.01. The van der Waals surface area contributed by atoms with Crippen molar-refractivity contribution in [1.82, 2.24) is 30.2 Å². The van der Waals surface area contributed by atoms with Crippen LogP contribution in [0.2, 0.25) is 0 Å². The number of aryl methyl sites for hydroxylation is 1. The molecule has 6 rings (SSSR count). The summed E-state index contributed by atoms with van der Waals surface area (Å²) in [6, 6.07) is 13.6. The van der Waals surface area contributed by atoms with Gasteiger partial charge >= 0.3 is 5.97 Å². The molecule has 170 valence electrons. The highest BCUT2D eigenvalue weighted by molar-refractivity contribution is 9.10. The van der Waals surface area contributed by atoms with Crippen molar-refractivity contribution in [1.29, 1.82) is 0 Å². The van der Waals surface area contributed by atoms with Gasteiger partial charge in [0.2, 0.25) is 0 Å². The Hall–Kier alpha value is -3.79. The van der Waals surface area contributed by atoms with E-state index in [1.165, 1.54) is 0 Å². The number of carboxylic acids is 1. The summed E-state index contributed by atoms with van der Waals surface area (Å²) in [4.78, 5) is 16.5. The average molecular weight is 519 g/mol. The van der Waals surface area contributed by atoms with Crippen molar-refractivity contribution in [3.05, 3.63) is 69.7 Å². The van der Waals surface area contributed by atoms with Crippen molar-refractivity contribution in [2.24, 2.45) is 0 Å². The molecule has 1 saturated carbocycles. The number of furan rings is 1. The maximum absolute atomic E-state index is 11.9. The van der Waals surface area contributed by atoms with Gasteiger partial charge in [-0.25, -0.2) is 14.9 Å². The highest BCUT2D eigenvalue weighted by atomic mass is 79.9. The highest BCUT2D eigenvalue weighted by Gasteiger charge is 2.32. The number of hydrogen-bond donors (Lipinski definition) is 2. The summed E-state index contributed by atoms with van der Waals surface area (Å²) < 4.78 is 8.88. The molecule has 10 heteroatoms. The Morgan fingerprint density at radius 3 is 2.74 bits per heavy atom. The van der Waals surface area contributed by atoms with Gasteiger partial charge < -0.3 is 14.1 Å². The fraction of sp³-hybridized carbons (Fsp3) is 0.208. The summed E-state index contributed by atoms with van der Waals surface area (Å²) in [5.41, 5.74) is 4.17. The van der Waals surface area contributed by atoms with E-state index in [-0.39, 0.29) is 5.69 Å². The lowest BCUT2D eigenvalue weighted by Crippen LogP contribution is -2.13. The van der Waals surface area contributed by atoms with Crippen molar-refractivity contribution in [2.75, 3.05) is 0 Å².